The van der Waals surface area contributed by atoms with Crippen LogP contribution in [0.25, 0.3) is 5.69 Å². The SMILES string of the molecule is Cc1ccc(-n2nc(OC[C@@H](C)CO)c([N+](=O)[O-])c2C)c(C)n1. The summed E-state index contributed by atoms with van der Waals surface area (Å²) in [4.78, 5) is 15.2. The number of aromatic nitrogens is 3. The van der Waals surface area contributed by atoms with Gasteiger partial charge < -0.3 is 9.84 Å². The second-order valence-corrected chi connectivity index (χ2v) is 5.56. The highest BCUT2D eigenvalue weighted by Crippen LogP contribution is 2.32. The summed E-state index contributed by atoms with van der Waals surface area (Å²) < 4.78 is 6.91. The van der Waals surface area contributed by atoms with Crippen LogP contribution in [0.3, 0.4) is 0 Å². The van der Waals surface area contributed by atoms with E-state index in [1.165, 1.54) is 4.68 Å². The zero-order chi connectivity index (χ0) is 17.1. The normalized spacial score (nSPS) is 12.2. The van der Waals surface area contributed by atoms with Crippen molar-refractivity contribution in [2.75, 3.05) is 13.2 Å². The molecular weight excluding hydrogens is 300 g/mol. The molecule has 1 atom stereocenters. The van der Waals surface area contributed by atoms with Gasteiger partial charge in [0.15, 0.2) is 0 Å². The zero-order valence-electron chi connectivity index (χ0n) is 13.6. The molecule has 1 N–H and O–H groups in total. The summed E-state index contributed by atoms with van der Waals surface area (Å²) in [6, 6.07) is 3.64. The smallest absolute Gasteiger partial charge is 0.353 e. The number of nitro groups is 1. The lowest BCUT2D eigenvalue weighted by molar-refractivity contribution is -0.386. The summed E-state index contributed by atoms with van der Waals surface area (Å²) in [5.41, 5.74) is 2.45. The van der Waals surface area contributed by atoms with Crippen molar-refractivity contribution in [1.29, 1.82) is 0 Å². The number of pyridine rings is 1. The van der Waals surface area contributed by atoms with Gasteiger partial charge in [0.25, 0.3) is 0 Å². The molecule has 0 bridgehead atoms. The maximum atomic E-state index is 11.3. The van der Waals surface area contributed by atoms with Crippen molar-refractivity contribution in [2.24, 2.45) is 5.92 Å². The fourth-order valence-corrected chi connectivity index (χ4v) is 2.19. The molecule has 8 nitrogen and oxygen atoms in total. The van der Waals surface area contributed by atoms with Crippen LogP contribution in [0.2, 0.25) is 0 Å². The van der Waals surface area contributed by atoms with Gasteiger partial charge in [-0.05, 0) is 32.9 Å². The monoisotopic (exact) mass is 320 g/mol. The molecule has 0 amide bonds. The van der Waals surface area contributed by atoms with Crippen molar-refractivity contribution in [2.45, 2.75) is 27.7 Å². The van der Waals surface area contributed by atoms with Crippen LogP contribution in [0, 0.1) is 36.8 Å². The van der Waals surface area contributed by atoms with Crippen LogP contribution in [0.1, 0.15) is 24.0 Å². The summed E-state index contributed by atoms with van der Waals surface area (Å²) in [5.74, 6) is -0.185. The highest BCUT2D eigenvalue weighted by atomic mass is 16.6. The average molecular weight is 320 g/mol. The minimum atomic E-state index is -0.505. The molecule has 0 radical (unpaired) electrons. The van der Waals surface area contributed by atoms with E-state index < -0.39 is 4.92 Å². The fourth-order valence-electron chi connectivity index (χ4n) is 2.19. The predicted octanol–water partition coefficient (Wildman–Crippen LogP) is 2.11. The summed E-state index contributed by atoms with van der Waals surface area (Å²) in [6.45, 7) is 7.19. The largest absolute Gasteiger partial charge is 0.471 e. The van der Waals surface area contributed by atoms with Crippen molar-refractivity contribution in [3.8, 4) is 11.6 Å². The van der Waals surface area contributed by atoms with Gasteiger partial charge >= 0.3 is 11.6 Å². The second kappa shape index (κ2) is 6.74. The molecule has 0 saturated carbocycles. The molecule has 23 heavy (non-hydrogen) atoms. The van der Waals surface area contributed by atoms with E-state index in [-0.39, 0.29) is 30.7 Å². The van der Waals surface area contributed by atoms with Gasteiger partial charge in [0.2, 0.25) is 0 Å². The molecule has 0 fully saturated rings. The van der Waals surface area contributed by atoms with E-state index in [2.05, 4.69) is 10.1 Å². The number of aryl methyl sites for hydroxylation is 2. The first-order valence-corrected chi connectivity index (χ1v) is 7.27. The van der Waals surface area contributed by atoms with Crippen molar-refractivity contribution in [3.05, 3.63) is 39.3 Å². The molecule has 0 aromatic carbocycles. The topological polar surface area (TPSA) is 103 Å². The van der Waals surface area contributed by atoms with E-state index in [4.69, 9.17) is 9.84 Å². The Morgan fingerprint density at radius 2 is 2.09 bits per heavy atom. The number of hydrogen-bond donors (Lipinski definition) is 1. The first-order valence-electron chi connectivity index (χ1n) is 7.27. The van der Waals surface area contributed by atoms with Crippen LogP contribution in [-0.4, -0.2) is 38.0 Å². The molecule has 2 aromatic rings. The van der Waals surface area contributed by atoms with Gasteiger partial charge in [-0.2, -0.15) is 0 Å². The molecule has 0 aliphatic rings. The third-order valence-corrected chi connectivity index (χ3v) is 3.48. The van der Waals surface area contributed by atoms with Crippen LogP contribution in [0.4, 0.5) is 5.69 Å². The molecule has 0 unspecified atom stereocenters. The summed E-state index contributed by atoms with van der Waals surface area (Å²) in [7, 11) is 0. The molecule has 0 aliphatic carbocycles. The molecule has 8 heteroatoms. The Bertz CT molecular complexity index is 727. The van der Waals surface area contributed by atoms with Gasteiger partial charge in [-0.3, -0.25) is 15.1 Å². The lowest BCUT2D eigenvalue weighted by atomic mass is 10.2. The van der Waals surface area contributed by atoms with Gasteiger partial charge in [-0.1, -0.05) is 6.92 Å². The van der Waals surface area contributed by atoms with Gasteiger partial charge in [-0.25, -0.2) is 4.68 Å². The van der Waals surface area contributed by atoms with Gasteiger partial charge in [-0.15, -0.1) is 5.10 Å². The molecule has 124 valence electrons. The Balaban J connectivity index is 2.47. The Morgan fingerprint density at radius 1 is 1.39 bits per heavy atom. The Labute approximate surface area is 133 Å². The molecule has 2 aromatic heterocycles. The number of ether oxygens (including phenoxy) is 1. The zero-order valence-corrected chi connectivity index (χ0v) is 13.6. The quantitative estimate of drug-likeness (QED) is 0.646. The second-order valence-electron chi connectivity index (χ2n) is 5.56. The van der Waals surface area contributed by atoms with Gasteiger partial charge in [0, 0.05) is 18.2 Å². The third-order valence-electron chi connectivity index (χ3n) is 3.48. The van der Waals surface area contributed by atoms with Crippen LogP contribution in [0.5, 0.6) is 5.88 Å². The fraction of sp³-hybridized carbons (Fsp3) is 0.467. The number of aliphatic hydroxyl groups excluding tert-OH is 1. The summed E-state index contributed by atoms with van der Waals surface area (Å²) in [6.07, 6.45) is 0. The molecule has 0 saturated heterocycles. The van der Waals surface area contributed by atoms with Crippen molar-refractivity contribution in [1.82, 2.24) is 14.8 Å². The Hall–Kier alpha value is -2.48. The lowest BCUT2D eigenvalue weighted by Gasteiger charge is -2.08. The Morgan fingerprint density at radius 3 is 2.65 bits per heavy atom. The molecule has 2 rings (SSSR count). The van der Waals surface area contributed by atoms with E-state index in [1.807, 2.05) is 26.0 Å². The average Bonchev–Trinajstić information content (AvgIpc) is 2.81. The highest BCUT2D eigenvalue weighted by molar-refractivity contribution is 5.50. The van der Waals surface area contributed by atoms with Crippen LogP contribution >= 0.6 is 0 Å². The van der Waals surface area contributed by atoms with E-state index in [1.54, 1.807) is 13.8 Å². The highest BCUT2D eigenvalue weighted by Gasteiger charge is 2.28. The standard InChI is InChI=1S/C15H20N4O4/c1-9(7-20)8-23-15-14(19(21)22)12(4)18(17-15)13-6-5-10(2)16-11(13)3/h5-6,9,20H,7-8H2,1-4H3/t9-/m0/s1. The molecule has 0 aliphatic heterocycles. The van der Waals surface area contributed by atoms with E-state index in [0.717, 1.165) is 11.4 Å². The molecule has 2 heterocycles. The number of rotatable bonds is 6. The van der Waals surface area contributed by atoms with Gasteiger partial charge in [0.05, 0.1) is 22.9 Å². The maximum absolute atomic E-state index is 11.3. The van der Waals surface area contributed by atoms with E-state index >= 15 is 0 Å². The van der Waals surface area contributed by atoms with Gasteiger partial charge in [0.1, 0.15) is 5.69 Å². The van der Waals surface area contributed by atoms with E-state index in [0.29, 0.717) is 11.4 Å². The number of nitrogens with zero attached hydrogens (tertiary/aromatic N) is 4. The minimum Gasteiger partial charge on any atom is -0.471 e. The summed E-state index contributed by atoms with van der Waals surface area (Å²) >= 11 is 0. The molecular formula is C15H20N4O4. The first-order chi connectivity index (χ1) is 10.8. The van der Waals surface area contributed by atoms with Crippen molar-refractivity contribution < 1.29 is 14.8 Å². The number of hydrogen-bond acceptors (Lipinski definition) is 6. The van der Waals surface area contributed by atoms with Crippen molar-refractivity contribution >= 4 is 5.69 Å². The third kappa shape index (κ3) is 3.48. The van der Waals surface area contributed by atoms with Crippen LogP contribution in [0.15, 0.2) is 12.1 Å². The predicted molar refractivity (Wildman–Crippen MR) is 84.0 cm³/mol. The minimum absolute atomic E-state index is 0.0484. The maximum Gasteiger partial charge on any atom is 0.353 e. The van der Waals surface area contributed by atoms with Crippen molar-refractivity contribution in [3.63, 3.8) is 0 Å². The lowest BCUT2D eigenvalue weighted by Crippen LogP contribution is -2.13. The van der Waals surface area contributed by atoms with Crippen LogP contribution < -0.4 is 4.74 Å². The molecule has 0 spiro atoms. The number of aliphatic hydroxyl groups is 1. The Kier molecular flexibility index (Phi) is 4.95. The first kappa shape index (κ1) is 16.9. The summed E-state index contributed by atoms with van der Waals surface area (Å²) in [5, 5.41) is 24.6. The van der Waals surface area contributed by atoms with Crippen LogP contribution in [-0.2, 0) is 0 Å². The van der Waals surface area contributed by atoms with E-state index in [9.17, 15) is 10.1 Å².